The first-order chi connectivity index (χ1) is 8.16. The van der Waals surface area contributed by atoms with E-state index in [4.69, 9.17) is 0 Å². The molecule has 1 aromatic rings. The highest BCUT2D eigenvalue weighted by molar-refractivity contribution is 7.86. The third-order valence-electron chi connectivity index (χ3n) is 1.50. The van der Waals surface area contributed by atoms with Gasteiger partial charge in [-0.1, -0.05) is 6.07 Å². The lowest BCUT2D eigenvalue weighted by molar-refractivity contribution is -0.290. The molecule has 1 atom stereocenters. The second-order valence-corrected chi connectivity index (χ2v) is 7.56. The van der Waals surface area contributed by atoms with E-state index in [0.717, 1.165) is 17.4 Å². The van der Waals surface area contributed by atoms with Crippen molar-refractivity contribution in [3.63, 3.8) is 0 Å². The van der Waals surface area contributed by atoms with Crippen LogP contribution >= 0.6 is 11.3 Å². The molecule has 0 N–H and O–H groups in total. The van der Waals surface area contributed by atoms with Crippen LogP contribution in [0.5, 0.6) is 0 Å². The molecule has 1 rings (SSSR count). The summed E-state index contributed by atoms with van der Waals surface area (Å²) < 4.78 is 52.1. The Morgan fingerprint density at radius 3 is 2.33 bits per heavy atom. The van der Waals surface area contributed by atoms with Gasteiger partial charge in [0.2, 0.25) is 6.29 Å². The zero-order chi connectivity index (χ0) is 13.8. The Kier molecular flexibility index (Phi) is 5.25. The maximum absolute atomic E-state index is 11.0. The SMILES string of the molecule is CS(=O)(=O)OOC(Cc1cccs1)OS(C)(=O)=O. The van der Waals surface area contributed by atoms with Crippen molar-refractivity contribution >= 4 is 31.6 Å². The largest absolute Gasteiger partial charge is 0.290 e. The molecular weight excluding hydrogens is 304 g/mol. The monoisotopic (exact) mass is 316 g/mol. The standard InChI is InChI=1S/C8H12O7S3/c1-17(9,10)14-8(13-15-18(2,11)12)6-7-4-3-5-16-7/h3-5,8H,6H2,1-2H3. The van der Waals surface area contributed by atoms with Gasteiger partial charge in [0.25, 0.3) is 20.2 Å². The fraction of sp³-hybridized carbons (Fsp3) is 0.500. The van der Waals surface area contributed by atoms with E-state index in [1.54, 1.807) is 17.5 Å². The summed E-state index contributed by atoms with van der Waals surface area (Å²) in [5.41, 5.74) is 0. The van der Waals surface area contributed by atoms with E-state index in [-0.39, 0.29) is 6.42 Å². The van der Waals surface area contributed by atoms with Crippen molar-refractivity contribution in [3.8, 4) is 0 Å². The van der Waals surface area contributed by atoms with Crippen molar-refractivity contribution in [1.29, 1.82) is 0 Å². The number of rotatable bonds is 7. The number of hydrogen-bond donors (Lipinski definition) is 0. The van der Waals surface area contributed by atoms with Gasteiger partial charge in [-0.25, -0.2) is 4.18 Å². The molecule has 0 saturated carbocycles. The molecular formula is C8H12O7S3. The summed E-state index contributed by atoms with van der Waals surface area (Å²) in [6.45, 7) is 0. The summed E-state index contributed by atoms with van der Waals surface area (Å²) in [5.74, 6) is 0. The summed E-state index contributed by atoms with van der Waals surface area (Å²) in [6.07, 6.45) is 0.307. The molecule has 7 nitrogen and oxygen atoms in total. The van der Waals surface area contributed by atoms with Crippen molar-refractivity contribution in [2.24, 2.45) is 0 Å². The van der Waals surface area contributed by atoms with Crippen molar-refractivity contribution in [2.45, 2.75) is 12.7 Å². The molecule has 104 valence electrons. The fourth-order valence-electron chi connectivity index (χ4n) is 0.987. The van der Waals surface area contributed by atoms with Crippen LogP contribution in [0.4, 0.5) is 0 Å². The van der Waals surface area contributed by atoms with Crippen LogP contribution in [0.2, 0.25) is 0 Å². The van der Waals surface area contributed by atoms with Crippen LogP contribution in [-0.4, -0.2) is 35.6 Å². The molecule has 0 aliphatic heterocycles. The van der Waals surface area contributed by atoms with Crippen LogP contribution in [-0.2, 0) is 40.1 Å². The summed E-state index contributed by atoms with van der Waals surface area (Å²) in [6, 6.07) is 3.49. The van der Waals surface area contributed by atoms with Gasteiger partial charge >= 0.3 is 0 Å². The number of thiophene rings is 1. The first-order valence-corrected chi connectivity index (χ1v) is 9.12. The zero-order valence-electron chi connectivity index (χ0n) is 9.60. The molecule has 0 spiro atoms. The highest BCUT2D eigenvalue weighted by atomic mass is 32.2. The molecule has 0 saturated heterocycles. The van der Waals surface area contributed by atoms with Crippen molar-refractivity contribution in [2.75, 3.05) is 12.5 Å². The Hall–Kier alpha value is -0.520. The smallest absolute Gasteiger partial charge is 0.235 e. The molecule has 10 heteroatoms. The van der Waals surface area contributed by atoms with Crippen molar-refractivity contribution in [1.82, 2.24) is 0 Å². The molecule has 0 aliphatic carbocycles. The van der Waals surface area contributed by atoms with Gasteiger partial charge in [-0.2, -0.15) is 21.7 Å². The van der Waals surface area contributed by atoms with Crippen LogP contribution < -0.4 is 0 Å². The lowest BCUT2D eigenvalue weighted by Crippen LogP contribution is -2.24. The van der Waals surface area contributed by atoms with E-state index >= 15 is 0 Å². The molecule has 0 radical (unpaired) electrons. The minimum atomic E-state index is -3.85. The average Bonchev–Trinajstić information content (AvgIpc) is 2.63. The molecule has 0 aromatic carbocycles. The van der Waals surface area contributed by atoms with Crippen LogP contribution in [0.1, 0.15) is 4.88 Å². The van der Waals surface area contributed by atoms with Gasteiger partial charge in [0.05, 0.1) is 12.5 Å². The Balaban J connectivity index is 2.69. The van der Waals surface area contributed by atoms with Gasteiger partial charge in [-0.3, -0.25) is 0 Å². The quantitative estimate of drug-likeness (QED) is 0.313. The van der Waals surface area contributed by atoms with Crippen LogP contribution in [0, 0.1) is 0 Å². The lowest BCUT2D eigenvalue weighted by Gasteiger charge is -2.13. The minimum absolute atomic E-state index is 0.0558. The maximum atomic E-state index is 11.0. The molecule has 18 heavy (non-hydrogen) atoms. The highest BCUT2D eigenvalue weighted by Crippen LogP contribution is 2.15. The van der Waals surface area contributed by atoms with Crippen molar-refractivity contribution < 1.29 is 30.2 Å². The lowest BCUT2D eigenvalue weighted by atomic mass is 10.3. The predicted octanol–water partition coefficient (Wildman–Crippen LogP) is 0.501. The van der Waals surface area contributed by atoms with Gasteiger partial charge in [-0.05, 0) is 11.4 Å². The van der Waals surface area contributed by atoms with Crippen LogP contribution in [0.25, 0.3) is 0 Å². The summed E-state index contributed by atoms with van der Waals surface area (Å²) in [4.78, 5) is 5.24. The van der Waals surface area contributed by atoms with E-state index in [9.17, 15) is 16.8 Å². The van der Waals surface area contributed by atoms with E-state index in [2.05, 4.69) is 13.4 Å². The Morgan fingerprint density at radius 1 is 1.22 bits per heavy atom. The van der Waals surface area contributed by atoms with E-state index in [1.807, 2.05) is 0 Å². The third-order valence-corrected chi connectivity index (χ3v) is 3.29. The van der Waals surface area contributed by atoms with Crippen LogP contribution in [0.15, 0.2) is 17.5 Å². The Bertz CT molecular complexity index is 558. The van der Waals surface area contributed by atoms with Crippen molar-refractivity contribution in [3.05, 3.63) is 22.4 Å². The maximum Gasteiger partial charge on any atom is 0.290 e. The predicted molar refractivity (Wildman–Crippen MR) is 64.8 cm³/mol. The highest BCUT2D eigenvalue weighted by Gasteiger charge is 2.20. The first-order valence-electron chi connectivity index (χ1n) is 4.61. The van der Waals surface area contributed by atoms with Gasteiger partial charge in [-0.15, -0.1) is 15.7 Å². The fourth-order valence-corrected chi connectivity index (χ4v) is 2.43. The van der Waals surface area contributed by atoms with Gasteiger partial charge in [0, 0.05) is 11.3 Å². The number of hydrogen-bond acceptors (Lipinski definition) is 8. The van der Waals surface area contributed by atoms with E-state index < -0.39 is 26.5 Å². The molecule has 1 heterocycles. The average molecular weight is 316 g/mol. The van der Waals surface area contributed by atoms with Crippen LogP contribution in [0.3, 0.4) is 0 Å². The molecule has 0 fully saturated rings. The first kappa shape index (κ1) is 15.5. The molecule has 1 unspecified atom stereocenters. The van der Waals surface area contributed by atoms with E-state index in [1.165, 1.54) is 11.3 Å². The Labute approximate surface area is 109 Å². The van der Waals surface area contributed by atoms with Gasteiger partial charge < -0.3 is 0 Å². The topological polar surface area (TPSA) is 96.0 Å². The zero-order valence-corrected chi connectivity index (χ0v) is 12.0. The summed E-state index contributed by atoms with van der Waals surface area (Å²) >= 11 is 1.35. The third kappa shape index (κ3) is 7.03. The second kappa shape index (κ2) is 6.08. The van der Waals surface area contributed by atoms with Gasteiger partial charge in [0.1, 0.15) is 0 Å². The summed E-state index contributed by atoms with van der Waals surface area (Å²) in [5, 5.41) is 1.78. The normalized spacial score (nSPS) is 14.6. The van der Waals surface area contributed by atoms with E-state index in [0.29, 0.717) is 0 Å². The molecule has 0 aliphatic rings. The Morgan fingerprint density at radius 2 is 1.89 bits per heavy atom. The minimum Gasteiger partial charge on any atom is -0.235 e. The second-order valence-electron chi connectivity index (χ2n) is 3.38. The molecule has 0 bridgehead atoms. The molecule has 0 amide bonds. The summed E-state index contributed by atoms with van der Waals surface area (Å²) in [7, 11) is -7.64. The van der Waals surface area contributed by atoms with Gasteiger partial charge in [0.15, 0.2) is 0 Å². The molecule has 1 aromatic heterocycles.